The van der Waals surface area contributed by atoms with Gasteiger partial charge in [-0.05, 0) is 59.2 Å². The van der Waals surface area contributed by atoms with E-state index in [-0.39, 0.29) is 17.4 Å². The Morgan fingerprint density at radius 1 is 0.729 bits per heavy atom. The molecule has 0 spiro atoms. The van der Waals surface area contributed by atoms with Crippen LogP contribution in [-0.2, 0) is 9.59 Å². The van der Waals surface area contributed by atoms with Crippen LogP contribution in [0.2, 0.25) is 5.02 Å². The van der Waals surface area contributed by atoms with E-state index in [2.05, 4.69) is 16.0 Å². The number of halogens is 1. The first-order chi connectivity index (χ1) is 23.3. The maximum atomic E-state index is 13.6. The fourth-order valence-corrected chi connectivity index (χ4v) is 5.66. The third-order valence-electron chi connectivity index (χ3n) is 7.07. The largest absolute Gasteiger partial charge is 0.495 e. The number of amides is 3. The molecule has 3 N–H and O–H groups in total. The molecule has 0 bridgehead atoms. The van der Waals surface area contributed by atoms with Crippen molar-refractivity contribution in [1.29, 1.82) is 0 Å². The second-order valence-corrected chi connectivity index (χ2v) is 11.8. The summed E-state index contributed by atoms with van der Waals surface area (Å²) in [6.45, 7) is 0. The number of ether oxygens (including phenoxy) is 2. The SMILES string of the molecule is COc1cc(OC)c(NC(=O)CSc2cccc(NC(=O)/C(=C\c3ccc(-c4ccccc4)cc3)NC(=O)c3ccccc3)c2)cc1Cl. The van der Waals surface area contributed by atoms with Crippen LogP contribution >= 0.6 is 23.4 Å². The molecule has 3 amide bonds. The number of benzene rings is 5. The standard InChI is InChI=1S/C38H32ClN3O5S/c1-46-34-23-35(47-2)32(22-31(34)39)41-36(43)24-48-30-15-9-14-29(21-30)40-38(45)33(42-37(44)28-12-7-4-8-13-28)20-25-16-18-27(19-17-25)26-10-5-3-6-11-26/h3-23H,24H2,1-2H3,(H,40,45)(H,41,43)(H,42,44)/b33-20+. The van der Waals surface area contributed by atoms with Gasteiger partial charge in [0.05, 0.1) is 30.7 Å². The molecule has 5 aromatic rings. The highest BCUT2D eigenvalue weighted by atomic mass is 35.5. The first-order valence-corrected chi connectivity index (χ1v) is 16.2. The van der Waals surface area contributed by atoms with Crippen molar-refractivity contribution in [3.8, 4) is 22.6 Å². The van der Waals surface area contributed by atoms with Crippen LogP contribution in [0.15, 0.2) is 132 Å². The van der Waals surface area contributed by atoms with Crippen molar-refractivity contribution < 1.29 is 23.9 Å². The summed E-state index contributed by atoms with van der Waals surface area (Å²) in [4.78, 5) is 40.2. The number of methoxy groups -OCH3 is 2. The number of thioether (sulfide) groups is 1. The van der Waals surface area contributed by atoms with E-state index >= 15 is 0 Å². The molecular formula is C38H32ClN3O5S. The molecule has 0 aliphatic carbocycles. The molecule has 0 saturated heterocycles. The Balaban J connectivity index is 1.29. The van der Waals surface area contributed by atoms with Crippen LogP contribution in [0.1, 0.15) is 15.9 Å². The minimum Gasteiger partial charge on any atom is -0.495 e. The molecule has 0 saturated carbocycles. The normalized spacial score (nSPS) is 10.9. The van der Waals surface area contributed by atoms with Crippen molar-refractivity contribution in [3.05, 3.63) is 143 Å². The van der Waals surface area contributed by atoms with Gasteiger partial charge in [0.1, 0.15) is 17.2 Å². The molecule has 10 heteroatoms. The number of carbonyl (C=O) groups excluding carboxylic acids is 3. The van der Waals surface area contributed by atoms with Gasteiger partial charge in [0.2, 0.25) is 5.91 Å². The quantitative estimate of drug-likeness (QED) is 0.0909. The van der Waals surface area contributed by atoms with Crippen molar-refractivity contribution >= 4 is 58.5 Å². The molecule has 8 nitrogen and oxygen atoms in total. The van der Waals surface area contributed by atoms with E-state index < -0.39 is 11.8 Å². The van der Waals surface area contributed by atoms with Gasteiger partial charge in [-0.15, -0.1) is 11.8 Å². The van der Waals surface area contributed by atoms with E-state index in [4.69, 9.17) is 21.1 Å². The zero-order valence-electron chi connectivity index (χ0n) is 26.2. The summed E-state index contributed by atoms with van der Waals surface area (Å²) in [5, 5.41) is 8.79. The lowest BCUT2D eigenvalue weighted by molar-refractivity contribution is -0.114. The van der Waals surface area contributed by atoms with Gasteiger partial charge < -0.3 is 25.4 Å². The summed E-state index contributed by atoms with van der Waals surface area (Å²) < 4.78 is 10.6. The summed E-state index contributed by atoms with van der Waals surface area (Å²) in [5.41, 5.74) is 4.24. The maximum Gasteiger partial charge on any atom is 0.272 e. The van der Waals surface area contributed by atoms with Crippen molar-refractivity contribution in [2.45, 2.75) is 4.90 Å². The van der Waals surface area contributed by atoms with Gasteiger partial charge in [-0.1, -0.05) is 90.5 Å². The van der Waals surface area contributed by atoms with Gasteiger partial charge >= 0.3 is 0 Å². The Bertz CT molecular complexity index is 1930. The minimum atomic E-state index is -0.505. The fraction of sp³-hybridized carbons (Fsp3) is 0.0789. The van der Waals surface area contributed by atoms with Gasteiger partial charge in [0, 0.05) is 22.2 Å². The van der Waals surface area contributed by atoms with Crippen LogP contribution in [0.4, 0.5) is 11.4 Å². The van der Waals surface area contributed by atoms with Crippen LogP contribution < -0.4 is 25.4 Å². The fourth-order valence-electron chi connectivity index (χ4n) is 4.67. The van der Waals surface area contributed by atoms with E-state index in [0.717, 1.165) is 21.6 Å². The predicted molar refractivity (Wildman–Crippen MR) is 193 cm³/mol. The second-order valence-electron chi connectivity index (χ2n) is 10.4. The van der Waals surface area contributed by atoms with E-state index in [9.17, 15) is 14.4 Å². The molecule has 0 unspecified atom stereocenters. The molecule has 0 radical (unpaired) electrons. The van der Waals surface area contributed by atoms with Crippen LogP contribution in [0, 0.1) is 0 Å². The molecule has 0 aliphatic rings. The Kier molecular flexibility index (Phi) is 11.5. The Labute approximate surface area is 288 Å². The molecule has 242 valence electrons. The Morgan fingerprint density at radius 2 is 1.40 bits per heavy atom. The smallest absolute Gasteiger partial charge is 0.272 e. The molecular weight excluding hydrogens is 646 g/mol. The Hall–Kier alpha value is -5.51. The van der Waals surface area contributed by atoms with Gasteiger partial charge in [-0.25, -0.2) is 0 Å². The second kappa shape index (κ2) is 16.4. The van der Waals surface area contributed by atoms with Gasteiger partial charge in [-0.2, -0.15) is 0 Å². The molecule has 48 heavy (non-hydrogen) atoms. The number of hydrogen-bond donors (Lipinski definition) is 3. The minimum absolute atomic E-state index is 0.0702. The van der Waals surface area contributed by atoms with Crippen molar-refractivity contribution in [1.82, 2.24) is 5.32 Å². The van der Waals surface area contributed by atoms with E-state index in [1.165, 1.54) is 26.0 Å². The molecule has 0 aromatic heterocycles. The van der Waals surface area contributed by atoms with Crippen LogP contribution in [0.5, 0.6) is 11.5 Å². The topological polar surface area (TPSA) is 106 Å². The summed E-state index contributed by atoms with van der Waals surface area (Å²) in [7, 11) is 2.98. The number of carbonyl (C=O) groups is 3. The molecule has 0 atom stereocenters. The van der Waals surface area contributed by atoms with Crippen LogP contribution in [-0.4, -0.2) is 37.7 Å². The first kappa shape index (κ1) is 33.8. The lowest BCUT2D eigenvalue weighted by Crippen LogP contribution is -2.30. The number of nitrogens with one attached hydrogen (secondary N) is 3. The number of rotatable bonds is 12. The highest BCUT2D eigenvalue weighted by Gasteiger charge is 2.16. The molecule has 0 aliphatic heterocycles. The summed E-state index contributed by atoms with van der Waals surface area (Å²) >= 11 is 7.52. The number of anilines is 2. The van der Waals surface area contributed by atoms with Gasteiger partial charge in [0.15, 0.2) is 0 Å². The third kappa shape index (κ3) is 9.06. The van der Waals surface area contributed by atoms with E-state index in [1.54, 1.807) is 60.7 Å². The third-order valence-corrected chi connectivity index (χ3v) is 8.36. The average molecular weight is 678 g/mol. The van der Waals surface area contributed by atoms with E-state index in [0.29, 0.717) is 33.5 Å². The molecule has 5 rings (SSSR count). The van der Waals surface area contributed by atoms with Crippen LogP contribution in [0.3, 0.4) is 0 Å². The average Bonchev–Trinajstić information content (AvgIpc) is 3.12. The zero-order chi connectivity index (χ0) is 33.9. The lowest BCUT2D eigenvalue weighted by Gasteiger charge is -2.13. The summed E-state index contributed by atoms with van der Waals surface area (Å²) in [6.07, 6.45) is 1.63. The first-order valence-electron chi connectivity index (χ1n) is 14.8. The predicted octanol–water partition coefficient (Wildman–Crippen LogP) is 8.16. The molecule has 5 aromatic carbocycles. The van der Waals surface area contributed by atoms with Crippen LogP contribution in [0.25, 0.3) is 17.2 Å². The number of hydrogen-bond acceptors (Lipinski definition) is 6. The van der Waals surface area contributed by atoms with Gasteiger partial charge in [-0.3, -0.25) is 14.4 Å². The lowest BCUT2D eigenvalue weighted by atomic mass is 10.0. The van der Waals surface area contributed by atoms with Gasteiger partial charge in [0.25, 0.3) is 11.8 Å². The summed E-state index contributed by atoms with van der Waals surface area (Å²) in [6, 6.07) is 36.6. The zero-order valence-corrected chi connectivity index (χ0v) is 27.7. The van der Waals surface area contributed by atoms with Crippen molar-refractivity contribution in [2.75, 3.05) is 30.6 Å². The highest BCUT2D eigenvalue weighted by molar-refractivity contribution is 8.00. The monoisotopic (exact) mass is 677 g/mol. The van der Waals surface area contributed by atoms with E-state index in [1.807, 2.05) is 66.7 Å². The maximum absolute atomic E-state index is 13.6. The summed E-state index contributed by atoms with van der Waals surface area (Å²) in [5.74, 6) is -0.270. The van der Waals surface area contributed by atoms with Crippen molar-refractivity contribution in [3.63, 3.8) is 0 Å². The molecule has 0 fully saturated rings. The van der Waals surface area contributed by atoms with Crippen molar-refractivity contribution in [2.24, 2.45) is 0 Å². The Morgan fingerprint density at radius 3 is 2.08 bits per heavy atom. The molecule has 0 heterocycles. The highest BCUT2D eigenvalue weighted by Crippen LogP contribution is 2.36.